The molecule has 7 heteroatoms. The molecule has 0 unspecified atom stereocenters. The molecule has 26 heavy (non-hydrogen) atoms. The summed E-state index contributed by atoms with van der Waals surface area (Å²) in [6, 6.07) is 5.89. The molecule has 1 saturated heterocycles. The fraction of sp³-hybridized carbons (Fsp3) is 0.526. The molecule has 1 fully saturated rings. The van der Waals surface area contributed by atoms with Gasteiger partial charge >= 0.3 is 0 Å². The highest BCUT2D eigenvalue weighted by molar-refractivity contribution is 6.05. The summed E-state index contributed by atoms with van der Waals surface area (Å²) in [6.07, 6.45) is 4.20. The van der Waals surface area contributed by atoms with E-state index in [0.29, 0.717) is 22.6 Å². The molecule has 0 bridgehead atoms. The maximum Gasteiger partial charge on any atom is 0.287 e. The summed E-state index contributed by atoms with van der Waals surface area (Å²) in [5.74, 6) is -0.573. The molecule has 2 aromatic rings. The van der Waals surface area contributed by atoms with E-state index in [-0.39, 0.29) is 17.8 Å². The van der Waals surface area contributed by atoms with Gasteiger partial charge in [0.25, 0.3) is 11.8 Å². The minimum atomic E-state index is -0.553. The van der Waals surface area contributed by atoms with Gasteiger partial charge in [0, 0.05) is 25.2 Å². The number of para-hydroxylation sites is 1. The molecule has 1 aromatic heterocycles. The lowest BCUT2D eigenvalue weighted by Crippen LogP contribution is -2.47. The molecule has 2 amide bonds. The number of carbonyl (C=O) groups is 2. The van der Waals surface area contributed by atoms with Crippen molar-refractivity contribution in [3.63, 3.8) is 0 Å². The van der Waals surface area contributed by atoms with E-state index in [1.54, 1.807) is 18.2 Å². The zero-order valence-electron chi connectivity index (χ0n) is 15.4. The minimum absolute atomic E-state index is 0.150. The number of likely N-dealkylation sites (tertiary alicyclic amines) is 1. The molecule has 3 rings (SSSR count). The van der Waals surface area contributed by atoms with Crippen LogP contribution in [-0.2, 0) is 0 Å². The highest BCUT2D eigenvalue weighted by Gasteiger charge is 2.25. The predicted molar refractivity (Wildman–Crippen MR) is 101 cm³/mol. The highest BCUT2D eigenvalue weighted by atomic mass is 16.2. The standard InChI is InChI=1S/C19H27N5O2/c1-3-13(4-2)24-10-8-12(9-11-24)21-19(26)18-22-15-7-5-6-14(17(20)25)16(15)23-18/h5-7,12-13H,3-4,8-11H2,1-2H3,(H2,20,25)(H,21,26)(H,22,23). The summed E-state index contributed by atoms with van der Waals surface area (Å²) in [5, 5.41) is 3.06. The van der Waals surface area contributed by atoms with E-state index in [2.05, 4.69) is 34.0 Å². The van der Waals surface area contributed by atoms with E-state index in [4.69, 9.17) is 5.73 Å². The van der Waals surface area contributed by atoms with Crippen molar-refractivity contribution in [1.29, 1.82) is 0 Å². The van der Waals surface area contributed by atoms with Gasteiger partial charge in [-0.2, -0.15) is 0 Å². The zero-order valence-corrected chi connectivity index (χ0v) is 15.4. The minimum Gasteiger partial charge on any atom is -0.366 e. The van der Waals surface area contributed by atoms with E-state index in [9.17, 15) is 9.59 Å². The Morgan fingerprint density at radius 2 is 2.00 bits per heavy atom. The molecule has 0 atom stereocenters. The number of nitrogens with two attached hydrogens (primary N) is 1. The van der Waals surface area contributed by atoms with Crippen molar-refractivity contribution >= 4 is 22.8 Å². The number of aromatic amines is 1. The van der Waals surface area contributed by atoms with Crippen molar-refractivity contribution in [3.05, 3.63) is 29.6 Å². The summed E-state index contributed by atoms with van der Waals surface area (Å²) < 4.78 is 0. The molecule has 1 aliphatic heterocycles. The molecule has 2 heterocycles. The Hall–Kier alpha value is -2.41. The number of imidazole rings is 1. The molecule has 140 valence electrons. The second kappa shape index (κ2) is 7.86. The lowest BCUT2D eigenvalue weighted by molar-refractivity contribution is 0.0877. The number of amides is 2. The van der Waals surface area contributed by atoms with Crippen molar-refractivity contribution in [2.24, 2.45) is 5.73 Å². The summed E-state index contributed by atoms with van der Waals surface area (Å²) in [6.45, 7) is 6.46. The molecular weight excluding hydrogens is 330 g/mol. The van der Waals surface area contributed by atoms with Gasteiger partial charge in [0.05, 0.1) is 11.1 Å². The summed E-state index contributed by atoms with van der Waals surface area (Å²) in [7, 11) is 0. The largest absolute Gasteiger partial charge is 0.366 e. The van der Waals surface area contributed by atoms with Crippen LogP contribution in [0.1, 0.15) is 60.5 Å². The number of rotatable bonds is 6. The number of H-pyrrole nitrogens is 1. The first-order valence-electron chi connectivity index (χ1n) is 9.36. The van der Waals surface area contributed by atoms with Crippen LogP contribution in [0.3, 0.4) is 0 Å². The van der Waals surface area contributed by atoms with Crippen molar-refractivity contribution in [3.8, 4) is 0 Å². The third-order valence-corrected chi connectivity index (χ3v) is 5.32. The van der Waals surface area contributed by atoms with Crippen LogP contribution in [0.4, 0.5) is 0 Å². The van der Waals surface area contributed by atoms with E-state index >= 15 is 0 Å². The van der Waals surface area contributed by atoms with E-state index in [1.165, 1.54) is 0 Å². The van der Waals surface area contributed by atoms with Gasteiger partial charge in [0.15, 0.2) is 5.82 Å². The first kappa shape index (κ1) is 18.4. The molecule has 1 aromatic carbocycles. The van der Waals surface area contributed by atoms with Crippen LogP contribution < -0.4 is 11.1 Å². The smallest absolute Gasteiger partial charge is 0.287 e. The predicted octanol–water partition coefficient (Wildman–Crippen LogP) is 2.04. The molecule has 0 saturated carbocycles. The molecule has 0 spiro atoms. The third-order valence-electron chi connectivity index (χ3n) is 5.32. The van der Waals surface area contributed by atoms with E-state index < -0.39 is 5.91 Å². The Labute approximate surface area is 153 Å². The summed E-state index contributed by atoms with van der Waals surface area (Å²) in [5.41, 5.74) is 6.77. The lowest BCUT2D eigenvalue weighted by Gasteiger charge is -2.37. The van der Waals surface area contributed by atoms with Crippen molar-refractivity contribution < 1.29 is 9.59 Å². The first-order valence-corrected chi connectivity index (χ1v) is 9.36. The number of benzene rings is 1. The van der Waals surface area contributed by atoms with Gasteiger partial charge in [-0.3, -0.25) is 9.59 Å². The summed E-state index contributed by atoms with van der Waals surface area (Å²) in [4.78, 5) is 33.9. The topological polar surface area (TPSA) is 104 Å². The van der Waals surface area contributed by atoms with Crippen LogP contribution in [0.25, 0.3) is 11.0 Å². The molecular formula is C19H27N5O2. The number of nitrogens with one attached hydrogen (secondary N) is 2. The second-order valence-corrected chi connectivity index (χ2v) is 6.91. The Balaban J connectivity index is 1.65. The number of piperidine rings is 1. The monoisotopic (exact) mass is 357 g/mol. The summed E-state index contributed by atoms with van der Waals surface area (Å²) >= 11 is 0. The molecule has 0 aliphatic carbocycles. The number of nitrogens with zero attached hydrogens (tertiary/aromatic N) is 2. The molecule has 4 N–H and O–H groups in total. The van der Waals surface area contributed by atoms with Gasteiger partial charge < -0.3 is 20.9 Å². The average molecular weight is 357 g/mol. The van der Waals surface area contributed by atoms with Crippen LogP contribution >= 0.6 is 0 Å². The molecule has 7 nitrogen and oxygen atoms in total. The Morgan fingerprint density at radius 3 is 2.62 bits per heavy atom. The zero-order chi connectivity index (χ0) is 18.7. The first-order chi connectivity index (χ1) is 12.5. The Kier molecular flexibility index (Phi) is 5.56. The number of fused-ring (bicyclic) bond motifs is 1. The van der Waals surface area contributed by atoms with Crippen molar-refractivity contribution in [2.45, 2.75) is 51.6 Å². The molecule has 1 aliphatic rings. The number of primary amides is 1. The normalized spacial score (nSPS) is 16.3. The van der Waals surface area contributed by atoms with Gasteiger partial charge in [0.1, 0.15) is 5.52 Å². The van der Waals surface area contributed by atoms with Gasteiger partial charge in [-0.25, -0.2) is 4.98 Å². The van der Waals surface area contributed by atoms with Gasteiger partial charge in [0.2, 0.25) is 0 Å². The SMILES string of the molecule is CCC(CC)N1CCC(NC(=O)c2nc3c(C(N)=O)cccc3[nH]2)CC1. The highest BCUT2D eigenvalue weighted by Crippen LogP contribution is 2.19. The van der Waals surface area contributed by atoms with Gasteiger partial charge in [-0.15, -0.1) is 0 Å². The Bertz CT molecular complexity index is 788. The quantitative estimate of drug-likeness (QED) is 0.736. The maximum absolute atomic E-state index is 12.6. The van der Waals surface area contributed by atoms with Crippen LogP contribution in [0, 0.1) is 0 Å². The van der Waals surface area contributed by atoms with Crippen LogP contribution in [0.2, 0.25) is 0 Å². The van der Waals surface area contributed by atoms with Gasteiger partial charge in [-0.1, -0.05) is 19.9 Å². The van der Waals surface area contributed by atoms with E-state index in [1.807, 2.05) is 0 Å². The Morgan fingerprint density at radius 1 is 1.31 bits per heavy atom. The van der Waals surface area contributed by atoms with Crippen molar-refractivity contribution in [2.75, 3.05) is 13.1 Å². The number of hydrogen-bond donors (Lipinski definition) is 3. The van der Waals surface area contributed by atoms with Crippen LogP contribution in [-0.4, -0.2) is 51.9 Å². The van der Waals surface area contributed by atoms with Gasteiger partial charge in [-0.05, 0) is 37.8 Å². The maximum atomic E-state index is 12.6. The fourth-order valence-corrected chi connectivity index (χ4v) is 3.81. The van der Waals surface area contributed by atoms with Crippen molar-refractivity contribution in [1.82, 2.24) is 20.2 Å². The second-order valence-electron chi connectivity index (χ2n) is 6.91. The number of aromatic nitrogens is 2. The average Bonchev–Trinajstić information content (AvgIpc) is 3.08. The third kappa shape index (κ3) is 3.72. The van der Waals surface area contributed by atoms with Crippen LogP contribution in [0.15, 0.2) is 18.2 Å². The molecule has 0 radical (unpaired) electrons. The number of carbonyl (C=O) groups excluding carboxylic acids is 2. The van der Waals surface area contributed by atoms with Crippen LogP contribution in [0.5, 0.6) is 0 Å². The fourth-order valence-electron chi connectivity index (χ4n) is 3.81. The lowest BCUT2D eigenvalue weighted by atomic mass is 10.0. The van der Waals surface area contributed by atoms with E-state index in [0.717, 1.165) is 38.8 Å². The number of hydrogen-bond acceptors (Lipinski definition) is 4.